The van der Waals surface area contributed by atoms with Gasteiger partial charge < -0.3 is 5.32 Å². The first-order valence-electron chi connectivity index (χ1n) is 7.01. The highest BCUT2D eigenvalue weighted by atomic mass is 19.1. The lowest BCUT2D eigenvalue weighted by Crippen LogP contribution is -2.33. The molecule has 0 fully saturated rings. The summed E-state index contributed by atoms with van der Waals surface area (Å²) in [6, 6.07) is 5.61. The van der Waals surface area contributed by atoms with Crippen LogP contribution in [0.15, 0.2) is 18.2 Å². The average Bonchev–Trinajstić information content (AvgIpc) is 2.29. The van der Waals surface area contributed by atoms with Gasteiger partial charge in [0.15, 0.2) is 0 Å². The molecule has 2 heteroatoms. The zero-order valence-electron chi connectivity index (χ0n) is 12.1. The Hall–Kier alpha value is -0.890. The molecule has 102 valence electrons. The van der Waals surface area contributed by atoms with E-state index in [1.54, 1.807) is 12.1 Å². The van der Waals surface area contributed by atoms with Crippen LogP contribution in [0.2, 0.25) is 0 Å². The minimum atomic E-state index is -0.141. The van der Waals surface area contributed by atoms with Crippen LogP contribution in [0.25, 0.3) is 0 Å². The molecule has 1 atom stereocenters. The summed E-state index contributed by atoms with van der Waals surface area (Å²) < 4.78 is 13.1. The fraction of sp³-hybridized carbons (Fsp3) is 0.625. The van der Waals surface area contributed by atoms with E-state index in [1.807, 2.05) is 13.0 Å². The molecule has 1 aromatic carbocycles. The van der Waals surface area contributed by atoms with E-state index in [0.717, 1.165) is 31.4 Å². The molecule has 18 heavy (non-hydrogen) atoms. The molecule has 0 saturated carbocycles. The van der Waals surface area contributed by atoms with E-state index in [0.29, 0.717) is 12.0 Å². The monoisotopic (exact) mass is 251 g/mol. The van der Waals surface area contributed by atoms with Crippen molar-refractivity contribution in [2.75, 3.05) is 6.54 Å². The van der Waals surface area contributed by atoms with Crippen LogP contribution in [0.5, 0.6) is 0 Å². The van der Waals surface area contributed by atoms with E-state index < -0.39 is 0 Å². The van der Waals surface area contributed by atoms with Gasteiger partial charge in [-0.15, -0.1) is 0 Å². The minimum Gasteiger partial charge on any atom is -0.314 e. The normalized spacial score (nSPS) is 13.0. The zero-order valence-corrected chi connectivity index (χ0v) is 12.1. The maximum Gasteiger partial charge on any atom is 0.123 e. The summed E-state index contributed by atoms with van der Waals surface area (Å²) in [5, 5.41) is 3.60. The van der Waals surface area contributed by atoms with Crippen LogP contribution in [-0.2, 0) is 6.42 Å². The second-order valence-corrected chi connectivity index (χ2v) is 5.56. The summed E-state index contributed by atoms with van der Waals surface area (Å²) in [5.74, 6) is 0.540. The molecule has 1 nitrogen and oxygen atoms in total. The van der Waals surface area contributed by atoms with Crippen molar-refractivity contribution >= 4 is 0 Å². The predicted octanol–water partition coefficient (Wildman–Crippen LogP) is 4.09. The zero-order chi connectivity index (χ0) is 13.5. The van der Waals surface area contributed by atoms with Gasteiger partial charge in [0.25, 0.3) is 0 Å². The van der Waals surface area contributed by atoms with Gasteiger partial charge in [-0.3, -0.25) is 0 Å². The Morgan fingerprint density at radius 2 is 2.00 bits per heavy atom. The van der Waals surface area contributed by atoms with Gasteiger partial charge in [-0.05, 0) is 61.9 Å². The number of aryl methyl sites for hydroxylation is 1. The molecular weight excluding hydrogens is 225 g/mol. The van der Waals surface area contributed by atoms with Crippen molar-refractivity contribution in [1.29, 1.82) is 0 Å². The summed E-state index contributed by atoms with van der Waals surface area (Å²) in [5.41, 5.74) is 2.31. The maximum atomic E-state index is 13.1. The van der Waals surface area contributed by atoms with Crippen molar-refractivity contribution in [1.82, 2.24) is 5.32 Å². The van der Waals surface area contributed by atoms with Crippen LogP contribution >= 0.6 is 0 Å². The molecular formula is C16H26FN. The van der Waals surface area contributed by atoms with Gasteiger partial charge >= 0.3 is 0 Å². The molecule has 1 N–H and O–H groups in total. The van der Waals surface area contributed by atoms with Crippen molar-refractivity contribution in [3.05, 3.63) is 35.1 Å². The number of hydrogen-bond acceptors (Lipinski definition) is 1. The van der Waals surface area contributed by atoms with Gasteiger partial charge in [-0.25, -0.2) is 4.39 Å². The van der Waals surface area contributed by atoms with Gasteiger partial charge in [-0.1, -0.05) is 26.8 Å². The predicted molar refractivity (Wildman–Crippen MR) is 76.4 cm³/mol. The summed E-state index contributed by atoms with van der Waals surface area (Å²) >= 11 is 0. The Balaban J connectivity index is 2.68. The summed E-state index contributed by atoms with van der Waals surface area (Å²) in [6.45, 7) is 9.72. The Morgan fingerprint density at radius 3 is 2.56 bits per heavy atom. The highest BCUT2D eigenvalue weighted by Crippen LogP contribution is 2.15. The Morgan fingerprint density at radius 1 is 1.28 bits per heavy atom. The Kier molecular flexibility index (Phi) is 6.34. The second kappa shape index (κ2) is 7.52. The largest absolute Gasteiger partial charge is 0.314 e. The van der Waals surface area contributed by atoms with Crippen LogP contribution in [0.4, 0.5) is 4.39 Å². The van der Waals surface area contributed by atoms with E-state index in [4.69, 9.17) is 0 Å². The van der Waals surface area contributed by atoms with E-state index in [-0.39, 0.29) is 5.82 Å². The number of benzene rings is 1. The van der Waals surface area contributed by atoms with E-state index in [9.17, 15) is 4.39 Å². The average molecular weight is 251 g/mol. The van der Waals surface area contributed by atoms with Gasteiger partial charge in [0.05, 0.1) is 0 Å². The lowest BCUT2D eigenvalue weighted by atomic mass is 9.95. The van der Waals surface area contributed by atoms with Gasteiger partial charge in [0.2, 0.25) is 0 Å². The highest BCUT2D eigenvalue weighted by molar-refractivity contribution is 5.27. The van der Waals surface area contributed by atoms with E-state index >= 15 is 0 Å². The molecule has 0 saturated heterocycles. The number of hydrogen-bond donors (Lipinski definition) is 1. The SMILES string of the molecule is CCCNC(Cc1ccc(F)cc1C)CC(C)C. The molecule has 0 aliphatic heterocycles. The first kappa shape index (κ1) is 15.2. The van der Waals surface area contributed by atoms with Gasteiger partial charge in [-0.2, -0.15) is 0 Å². The van der Waals surface area contributed by atoms with Crippen molar-refractivity contribution in [2.45, 2.75) is 53.0 Å². The third kappa shape index (κ3) is 5.18. The quantitative estimate of drug-likeness (QED) is 0.769. The third-order valence-electron chi connectivity index (χ3n) is 3.21. The van der Waals surface area contributed by atoms with Crippen LogP contribution in [0, 0.1) is 18.7 Å². The first-order chi connectivity index (χ1) is 8.52. The van der Waals surface area contributed by atoms with Crippen LogP contribution < -0.4 is 5.32 Å². The minimum absolute atomic E-state index is 0.141. The standard InChI is InChI=1S/C16H26FN/c1-5-8-18-16(9-12(2)3)11-14-6-7-15(17)10-13(14)4/h6-7,10,12,16,18H,5,8-9,11H2,1-4H3. The maximum absolute atomic E-state index is 13.1. The van der Waals surface area contributed by atoms with E-state index in [1.165, 1.54) is 5.56 Å². The van der Waals surface area contributed by atoms with Gasteiger partial charge in [0, 0.05) is 6.04 Å². The summed E-state index contributed by atoms with van der Waals surface area (Å²) in [4.78, 5) is 0. The van der Waals surface area contributed by atoms with Crippen LogP contribution in [0.1, 0.15) is 44.7 Å². The molecule has 0 radical (unpaired) electrons. The number of halogens is 1. The topological polar surface area (TPSA) is 12.0 Å². The fourth-order valence-corrected chi connectivity index (χ4v) is 2.31. The smallest absolute Gasteiger partial charge is 0.123 e. The summed E-state index contributed by atoms with van der Waals surface area (Å²) in [6.07, 6.45) is 3.30. The van der Waals surface area contributed by atoms with Crippen LogP contribution in [-0.4, -0.2) is 12.6 Å². The van der Waals surface area contributed by atoms with Crippen molar-refractivity contribution in [2.24, 2.45) is 5.92 Å². The van der Waals surface area contributed by atoms with Crippen molar-refractivity contribution < 1.29 is 4.39 Å². The molecule has 0 bridgehead atoms. The molecule has 0 aliphatic rings. The molecule has 0 aliphatic carbocycles. The lowest BCUT2D eigenvalue weighted by molar-refractivity contribution is 0.415. The number of nitrogens with one attached hydrogen (secondary N) is 1. The molecule has 0 aromatic heterocycles. The highest BCUT2D eigenvalue weighted by Gasteiger charge is 2.12. The molecule has 1 unspecified atom stereocenters. The van der Waals surface area contributed by atoms with E-state index in [2.05, 4.69) is 26.1 Å². The van der Waals surface area contributed by atoms with Crippen molar-refractivity contribution in [3.8, 4) is 0 Å². The Bertz CT molecular complexity index is 360. The molecule has 0 amide bonds. The first-order valence-corrected chi connectivity index (χ1v) is 7.01. The second-order valence-electron chi connectivity index (χ2n) is 5.56. The third-order valence-corrected chi connectivity index (χ3v) is 3.21. The van der Waals surface area contributed by atoms with Gasteiger partial charge in [0.1, 0.15) is 5.82 Å². The Labute approximate surface area is 111 Å². The molecule has 1 aromatic rings. The summed E-state index contributed by atoms with van der Waals surface area (Å²) in [7, 11) is 0. The number of rotatable bonds is 7. The fourth-order valence-electron chi connectivity index (χ4n) is 2.31. The van der Waals surface area contributed by atoms with Crippen molar-refractivity contribution in [3.63, 3.8) is 0 Å². The molecule has 1 rings (SSSR count). The molecule has 0 heterocycles. The molecule has 0 spiro atoms. The lowest BCUT2D eigenvalue weighted by Gasteiger charge is -2.21. The van der Waals surface area contributed by atoms with Crippen LogP contribution in [0.3, 0.4) is 0 Å².